The van der Waals surface area contributed by atoms with E-state index in [1.54, 1.807) is 18.2 Å². The Morgan fingerprint density at radius 3 is 2.41 bits per heavy atom. The Bertz CT molecular complexity index is 1420. The van der Waals surface area contributed by atoms with Crippen LogP contribution in [0.3, 0.4) is 0 Å². The van der Waals surface area contributed by atoms with Crippen LogP contribution in [0.25, 0.3) is 22.1 Å². The Balaban J connectivity index is 1.86. The van der Waals surface area contributed by atoms with Gasteiger partial charge in [-0.25, -0.2) is 4.79 Å². The maximum absolute atomic E-state index is 13.1. The van der Waals surface area contributed by atoms with Crippen LogP contribution in [0.15, 0.2) is 63.8 Å². The molecule has 0 atom stereocenters. The summed E-state index contributed by atoms with van der Waals surface area (Å²) in [7, 11) is 0. The third-order valence-corrected chi connectivity index (χ3v) is 6.16. The van der Waals surface area contributed by atoms with E-state index in [1.807, 2.05) is 64.1 Å². The van der Waals surface area contributed by atoms with E-state index in [2.05, 4.69) is 5.32 Å². The summed E-state index contributed by atoms with van der Waals surface area (Å²) in [5.74, 6) is -0.273. The molecule has 0 saturated heterocycles. The van der Waals surface area contributed by atoms with Gasteiger partial charge in [-0.05, 0) is 73.7 Å². The highest BCUT2D eigenvalue weighted by Crippen LogP contribution is 2.34. The molecular formula is C27H24ClNO3. The second-order valence-electron chi connectivity index (χ2n) is 8.12. The molecule has 1 amide bonds. The molecule has 0 unspecified atom stereocenters. The van der Waals surface area contributed by atoms with Crippen molar-refractivity contribution < 1.29 is 9.21 Å². The Labute approximate surface area is 191 Å². The van der Waals surface area contributed by atoms with Gasteiger partial charge in [-0.1, -0.05) is 48.0 Å². The largest absolute Gasteiger partial charge is 0.422 e. The topological polar surface area (TPSA) is 59.3 Å². The fourth-order valence-electron chi connectivity index (χ4n) is 4.02. The zero-order chi connectivity index (χ0) is 23.0. The number of benzene rings is 3. The van der Waals surface area contributed by atoms with Crippen molar-refractivity contribution in [3.8, 4) is 11.1 Å². The number of carbonyl (C=O) groups excluding carboxylic acids is 1. The molecule has 32 heavy (non-hydrogen) atoms. The van der Waals surface area contributed by atoms with Gasteiger partial charge < -0.3 is 9.73 Å². The molecule has 162 valence electrons. The number of aryl methyl sites for hydroxylation is 3. The smallest absolute Gasteiger partial charge is 0.340 e. The van der Waals surface area contributed by atoms with Crippen LogP contribution in [0.1, 0.15) is 27.8 Å². The SMILES string of the molecule is Cc1ccccc1-c1c(CC(=O)Nc2c(C)ccc(C)c2C)c(=O)oc2ccc(Cl)cc12. The van der Waals surface area contributed by atoms with Crippen molar-refractivity contribution in [1.82, 2.24) is 0 Å². The van der Waals surface area contributed by atoms with Gasteiger partial charge >= 0.3 is 5.63 Å². The minimum Gasteiger partial charge on any atom is -0.422 e. The highest BCUT2D eigenvalue weighted by Gasteiger charge is 2.21. The summed E-state index contributed by atoms with van der Waals surface area (Å²) in [6.45, 7) is 7.91. The van der Waals surface area contributed by atoms with E-state index in [9.17, 15) is 9.59 Å². The molecule has 0 aliphatic heterocycles. The molecule has 4 rings (SSSR count). The van der Waals surface area contributed by atoms with Crippen LogP contribution in [0.4, 0.5) is 5.69 Å². The van der Waals surface area contributed by atoms with Gasteiger partial charge in [0.15, 0.2) is 0 Å². The lowest BCUT2D eigenvalue weighted by molar-refractivity contribution is -0.115. The fourth-order valence-corrected chi connectivity index (χ4v) is 4.19. The summed E-state index contributed by atoms with van der Waals surface area (Å²) in [6.07, 6.45) is -0.110. The molecule has 1 heterocycles. The van der Waals surface area contributed by atoms with Gasteiger partial charge in [-0.2, -0.15) is 0 Å². The van der Waals surface area contributed by atoms with Crippen LogP contribution in [0, 0.1) is 27.7 Å². The second kappa shape index (κ2) is 8.64. The average Bonchev–Trinajstić information content (AvgIpc) is 2.76. The number of hydrogen-bond acceptors (Lipinski definition) is 3. The molecule has 0 saturated carbocycles. The molecule has 0 aliphatic rings. The number of nitrogens with one attached hydrogen (secondary N) is 1. The Hall–Kier alpha value is -3.37. The van der Waals surface area contributed by atoms with Gasteiger partial charge in [0.2, 0.25) is 5.91 Å². The number of carbonyl (C=O) groups is 1. The van der Waals surface area contributed by atoms with E-state index in [0.717, 1.165) is 33.5 Å². The van der Waals surface area contributed by atoms with Gasteiger partial charge in [0.25, 0.3) is 0 Å². The van der Waals surface area contributed by atoms with Gasteiger partial charge in [0, 0.05) is 21.7 Å². The minimum absolute atomic E-state index is 0.110. The van der Waals surface area contributed by atoms with E-state index in [1.165, 1.54) is 0 Å². The average molecular weight is 446 g/mol. The minimum atomic E-state index is -0.522. The monoisotopic (exact) mass is 445 g/mol. The first kappa shape index (κ1) is 21.8. The van der Waals surface area contributed by atoms with E-state index in [4.69, 9.17) is 16.0 Å². The summed E-state index contributed by atoms with van der Waals surface area (Å²) < 4.78 is 5.57. The van der Waals surface area contributed by atoms with Crippen molar-refractivity contribution in [3.63, 3.8) is 0 Å². The molecule has 0 aliphatic carbocycles. The lowest BCUT2D eigenvalue weighted by Crippen LogP contribution is -2.21. The zero-order valence-corrected chi connectivity index (χ0v) is 19.3. The molecule has 4 nitrogen and oxygen atoms in total. The van der Waals surface area contributed by atoms with Crippen molar-refractivity contribution in [2.75, 3.05) is 5.32 Å². The van der Waals surface area contributed by atoms with E-state index in [0.29, 0.717) is 27.1 Å². The van der Waals surface area contributed by atoms with Gasteiger partial charge in [0.05, 0.1) is 12.0 Å². The van der Waals surface area contributed by atoms with Crippen molar-refractivity contribution in [1.29, 1.82) is 0 Å². The van der Waals surface area contributed by atoms with Crippen molar-refractivity contribution in [2.45, 2.75) is 34.1 Å². The summed E-state index contributed by atoms with van der Waals surface area (Å²) >= 11 is 6.27. The summed E-state index contributed by atoms with van der Waals surface area (Å²) in [5, 5.41) is 4.24. The van der Waals surface area contributed by atoms with Crippen LogP contribution in [0.2, 0.25) is 5.02 Å². The summed E-state index contributed by atoms with van der Waals surface area (Å²) in [4.78, 5) is 26.1. The van der Waals surface area contributed by atoms with Crippen LogP contribution >= 0.6 is 11.6 Å². The van der Waals surface area contributed by atoms with E-state index in [-0.39, 0.29) is 12.3 Å². The summed E-state index contributed by atoms with van der Waals surface area (Å²) in [5.41, 5.74) is 6.63. The normalized spacial score (nSPS) is 11.0. The first-order chi connectivity index (χ1) is 15.3. The number of hydrogen-bond donors (Lipinski definition) is 1. The molecule has 0 fully saturated rings. The van der Waals surface area contributed by atoms with Gasteiger partial charge in [-0.15, -0.1) is 0 Å². The first-order valence-corrected chi connectivity index (χ1v) is 10.8. The lowest BCUT2D eigenvalue weighted by atomic mass is 9.92. The van der Waals surface area contributed by atoms with Crippen LogP contribution in [-0.2, 0) is 11.2 Å². The van der Waals surface area contributed by atoms with Crippen molar-refractivity contribution in [2.24, 2.45) is 0 Å². The maximum Gasteiger partial charge on any atom is 0.340 e. The van der Waals surface area contributed by atoms with E-state index < -0.39 is 5.63 Å². The Morgan fingerprint density at radius 1 is 0.938 bits per heavy atom. The third-order valence-electron chi connectivity index (χ3n) is 5.92. The predicted octanol–water partition coefficient (Wildman–Crippen LogP) is 6.53. The molecule has 0 radical (unpaired) electrons. The van der Waals surface area contributed by atoms with Crippen LogP contribution < -0.4 is 10.9 Å². The highest BCUT2D eigenvalue weighted by molar-refractivity contribution is 6.31. The number of fused-ring (bicyclic) bond motifs is 1. The quantitative estimate of drug-likeness (QED) is 0.363. The lowest BCUT2D eigenvalue weighted by Gasteiger charge is -2.16. The number of halogens is 1. The Morgan fingerprint density at radius 2 is 1.66 bits per heavy atom. The summed E-state index contributed by atoms with van der Waals surface area (Å²) in [6, 6.07) is 16.9. The molecule has 1 aromatic heterocycles. The third kappa shape index (κ3) is 4.06. The number of rotatable bonds is 4. The standard InChI is InChI=1S/C27H24ClNO3/c1-15-9-10-17(3)26(18(15)4)29-24(30)14-22-25(20-8-6-5-7-16(20)2)21-13-19(28)11-12-23(21)32-27(22)31/h5-13H,14H2,1-4H3,(H,29,30). The van der Waals surface area contributed by atoms with Crippen LogP contribution in [0.5, 0.6) is 0 Å². The number of amides is 1. The first-order valence-electron chi connectivity index (χ1n) is 10.4. The zero-order valence-electron chi connectivity index (χ0n) is 18.5. The molecule has 5 heteroatoms. The Kier molecular flexibility index (Phi) is 5.90. The fraction of sp³-hybridized carbons (Fsp3) is 0.185. The molecule has 4 aromatic rings. The molecule has 3 aromatic carbocycles. The van der Waals surface area contributed by atoms with Crippen molar-refractivity contribution >= 4 is 34.2 Å². The molecule has 1 N–H and O–H groups in total. The molecular weight excluding hydrogens is 422 g/mol. The van der Waals surface area contributed by atoms with Crippen LogP contribution in [-0.4, -0.2) is 5.91 Å². The highest BCUT2D eigenvalue weighted by atomic mass is 35.5. The maximum atomic E-state index is 13.1. The molecule has 0 bridgehead atoms. The predicted molar refractivity (Wildman–Crippen MR) is 131 cm³/mol. The molecule has 0 spiro atoms. The van der Waals surface area contributed by atoms with Gasteiger partial charge in [-0.3, -0.25) is 4.79 Å². The van der Waals surface area contributed by atoms with Crippen molar-refractivity contribution in [3.05, 3.63) is 97.9 Å². The number of anilines is 1. The van der Waals surface area contributed by atoms with Gasteiger partial charge in [0.1, 0.15) is 5.58 Å². The second-order valence-corrected chi connectivity index (χ2v) is 8.56. The van der Waals surface area contributed by atoms with E-state index >= 15 is 0 Å².